The minimum Gasteiger partial charge on any atom is -0.135 e. The lowest BCUT2D eigenvalue weighted by Crippen LogP contribution is -1.77. The van der Waals surface area contributed by atoms with Crippen molar-refractivity contribution in [3.63, 3.8) is 0 Å². The zero-order chi connectivity index (χ0) is 16.6. The first-order valence-corrected chi connectivity index (χ1v) is 9.28. The van der Waals surface area contributed by atoms with Gasteiger partial charge in [0.1, 0.15) is 0 Å². The molecule has 0 saturated carbocycles. The Hall–Kier alpha value is -2.90. The minimum absolute atomic E-state index is 1.27. The van der Waals surface area contributed by atoms with Gasteiger partial charge >= 0.3 is 0 Å². The van der Waals surface area contributed by atoms with Crippen molar-refractivity contribution in [1.29, 1.82) is 0 Å². The molecule has 5 aromatic rings. The van der Waals surface area contributed by atoms with Crippen LogP contribution in [0.1, 0.15) is 0 Å². The molecule has 1 heteroatoms. The molecular weight excluding hydrogens is 320 g/mol. The fourth-order valence-corrected chi connectivity index (χ4v) is 4.73. The van der Waals surface area contributed by atoms with Gasteiger partial charge in [0, 0.05) is 20.2 Å². The molecule has 0 aliphatic carbocycles. The van der Waals surface area contributed by atoms with Crippen molar-refractivity contribution in [1.82, 2.24) is 0 Å². The lowest BCUT2D eigenvalue weighted by atomic mass is 10.0. The monoisotopic (exact) mass is 336 g/mol. The highest BCUT2D eigenvalue weighted by Gasteiger charge is 2.10. The fraction of sp³-hybridized carbons (Fsp3) is 0. The van der Waals surface area contributed by atoms with Gasteiger partial charge in [0.2, 0.25) is 0 Å². The van der Waals surface area contributed by atoms with Gasteiger partial charge in [-0.1, -0.05) is 91.0 Å². The first-order chi connectivity index (χ1) is 12.4. The maximum atomic E-state index is 2.32. The number of hydrogen-bond donors (Lipinski definition) is 0. The van der Waals surface area contributed by atoms with Gasteiger partial charge in [0.25, 0.3) is 0 Å². The van der Waals surface area contributed by atoms with Gasteiger partial charge in [-0.05, 0) is 28.3 Å². The van der Waals surface area contributed by atoms with Gasteiger partial charge in [-0.2, -0.15) is 0 Å². The van der Waals surface area contributed by atoms with Crippen LogP contribution in [0, 0.1) is 0 Å². The summed E-state index contributed by atoms with van der Waals surface area (Å²) >= 11 is 1.89. The van der Waals surface area contributed by atoms with Crippen LogP contribution in [-0.2, 0) is 0 Å². The number of rotatable bonds is 2. The lowest BCUT2D eigenvalue weighted by molar-refractivity contribution is 1.66. The summed E-state index contributed by atoms with van der Waals surface area (Å²) in [7, 11) is 0. The Morgan fingerprint density at radius 3 is 1.96 bits per heavy atom. The van der Waals surface area contributed by atoms with E-state index < -0.39 is 0 Å². The minimum atomic E-state index is 1.27. The van der Waals surface area contributed by atoms with Crippen LogP contribution in [0.15, 0.2) is 97.1 Å². The molecule has 25 heavy (non-hydrogen) atoms. The highest BCUT2D eigenvalue weighted by molar-refractivity contribution is 7.26. The molecule has 1 aromatic heterocycles. The largest absolute Gasteiger partial charge is 0.135 e. The Balaban J connectivity index is 1.76. The Kier molecular flexibility index (Phi) is 3.39. The maximum absolute atomic E-state index is 2.32. The molecule has 0 fully saturated rings. The molecule has 0 unspecified atom stereocenters. The third-order valence-electron chi connectivity index (χ3n) is 4.69. The second kappa shape index (κ2) is 5.87. The number of thiophene rings is 1. The number of hydrogen-bond acceptors (Lipinski definition) is 1. The van der Waals surface area contributed by atoms with E-state index >= 15 is 0 Å². The standard InChI is InChI=1S/C24H16S/c1-3-8-17(9-4-1)19-14-15-21-22-13-7-12-20(18-10-5-2-6-11-18)24(22)25-23(21)16-19/h1-16H. The Morgan fingerprint density at radius 1 is 0.480 bits per heavy atom. The van der Waals surface area contributed by atoms with Crippen LogP contribution in [0.2, 0.25) is 0 Å². The van der Waals surface area contributed by atoms with E-state index in [-0.39, 0.29) is 0 Å². The Bertz CT molecular complexity index is 1170. The van der Waals surface area contributed by atoms with Gasteiger partial charge in [-0.3, -0.25) is 0 Å². The SMILES string of the molecule is c1ccc(-c2ccc3c(c2)sc2c(-c4ccccc4)cccc23)cc1. The smallest absolute Gasteiger partial charge is 0.0433 e. The van der Waals surface area contributed by atoms with E-state index in [1.807, 2.05) is 11.3 Å². The quantitative estimate of drug-likeness (QED) is 0.315. The fourth-order valence-electron chi connectivity index (χ4n) is 3.45. The molecule has 0 bridgehead atoms. The molecule has 4 aromatic carbocycles. The summed E-state index contributed by atoms with van der Waals surface area (Å²) in [5.74, 6) is 0. The van der Waals surface area contributed by atoms with Crippen molar-refractivity contribution in [2.75, 3.05) is 0 Å². The second-order valence-electron chi connectivity index (χ2n) is 6.23. The molecule has 1 heterocycles. The predicted molar refractivity (Wildman–Crippen MR) is 110 cm³/mol. The van der Waals surface area contributed by atoms with E-state index in [0.29, 0.717) is 0 Å². The zero-order valence-electron chi connectivity index (χ0n) is 13.6. The summed E-state index contributed by atoms with van der Waals surface area (Å²) < 4.78 is 2.72. The summed E-state index contributed by atoms with van der Waals surface area (Å²) in [6, 6.07) is 34.7. The van der Waals surface area contributed by atoms with Crippen molar-refractivity contribution in [3.05, 3.63) is 97.1 Å². The number of benzene rings is 4. The van der Waals surface area contributed by atoms with Crippen LogP contribution < -0.4 is 0 Å². The first kappa shape index (κ1) is 14.4. The average Bonchev–Trinajstić information content (AvgIpc) is 3.07. The Morgan fingerprint density at radius 2 is 1.20 bits per heavy atom. The van der Waals surface area contributed by atoms with Crippen molar-refractivity contribution in [2.24, 2.45) is 0 Å². The van der Waals surface area contributed by atoms with Gasteiger partial charge < -0.3 is 0 Å². The molecular formula is C24H16S. The summed E-state index contributed by atoms with van der Waals surface area (Å²) in [5.41, 5.74) is 5.15. The number of fused-ring (bicyclic) bond motifs is 3. The third-order valence-corrected chi connectivity index (χ3v) is 5.89. The van der Waals surface area contributed by atoms with Gasteiger partial charge in [-0.25, -0.2) is 0 Å². The van der Waals surface area contributed by atoms with Crippen molar-refractivity contribution in [3.8, 4) is 22.3 Å². The van der Waals surface area contributed by atoms with Crippen LogP contribution in [0.3, 0.4) is 0 Å². The average molecular weight is 336 g/mol. The molecule has 118 valence electrons. The summed E-state index contributed by atoms with van der Waals surface area (Å²) in [5, 5.41) is 2.69. The van der Waals surface area contributed by atoms with Crippen LogP contribution in [-0.4, -0.2) is 0 Å². The molecule has 0 spiro atoms. The molecule has 0 aliphatic rings. The Labute approximate surface area is 151 Å². The van der Waals surface area contributed by atoms with E-state index in [1.165, 1.54) is 42.4 Å². The molecule has 0 atom stereocenters. The van der Waals surface area contributed by atoms with E-state index in [9.17, 15) is 0 Å². The highest BCUT2D eigenvalue weighted by atomic mass is 32.1. The van der Waals surface area contributed by atoms with Crippen molar-refractivity contribution < 1.29 is 0 Å². The predicted octanol–water partition coefficient (Wildman–Crippen LogP) is 7.39. The molecule has 0 N–H and O–H groups in total. The summed E-state index contributed by atoms with van der Waals surface area (Å²) in [4.78, 5) is 0. The van der Waals surface area contributed by atoms with Crippen LogP contribution in [0.25, 0.3) is 42.4 Å². The molecule has 0 aliphatic heterocycles. The summed E-state index contributed by atoms with van der Waals surface area (Å²) in [6.07, 6.45) is 0. The van der Waals surface area contributed by atoms with Crippen LogP contribution >= 0.6 is 11.3 Å². The highest BCUT2D eigenvalue weighted by Crippen LogP contribution is 2.41. The van der Waals surface area contributed by atoms with E-state index in [0.717, 1.165) is 0 Å². The normalized spacial score (nSPS) is 11.2. The van der Waals surface area contributed by atoms with Gasteiger partial charge in [-0.15, -0.1) is 11.3 Å². The zero-order valence-corrected chi connectivity index (χ0v) is 14.5. The molecule has 0 radical (unpaired) electrons. The van der Waals surface area contributed by atoms with Crippen molar-refractivity contribution in [2.45, 2.75) is 0 Å². The van der Waals surface area contributed by atoms with E-state index in [1.54, 1.807) is 0 Å². The molecule has 0 saturated heterocycles. The summed E-state index contributed by atoms with van der Waals surface area (Å²) in [6.45, 7) is 0. The topological polar surface area (TPSA) is 0 Å². The van der Waals surface area contributed by atoms with E-state index in [2.05, 4.69) is 97.1 Å². The lowest BCUT2D eigenvalue weighted by Gasteiger charge is -2.03. The van der Waals surface area contributed by atoms with E-state index in [4.69, 9.17) is 0 Å². The molecule has 0 nitrogen and oxygen atoms in total. The maximum Gasteiger partial charge on any atom is 0.0433 e. The van der Waals surface area contributed by atoms with Crippen LogP contribution in [0.4, 0.5) is 0 Å². The second-order valence-corrected chi connectivity index (χ2v) is 7.28. The third kappa shape index (κ3) is 2.45. The van der Waals surface area contributed by atoms with Crippen LogP contribution in [0.5, 0.6) is 0 Å². The first-order valence-electron chi connectivity index (χ1n) is 8.46. The molecule has 5 rings (SSSR count). The van der Waals surface area contributed by atoms with Gasteiger partial charge in [0.05, 0.1) is 0 Å². The van der Waals surface area contributed by atoms with Gasteiger partial charge in [0.15, 0.2) is 0 Å². The van der Waals surface area contributed by atoms with Crippen molar-refractivity contribution >= 4 is 31.5 Å². The molecule has 0 amide bonds.